The lowest BCUT2D eigenvalue weighted by Gasteiger charge is -2.34. The quantitative estimate of drug-likeness (QED) is 0.192. The Bertz CT molecular complexity index is 768. The Morgan fingerprint density at radius 1 is 0.579 bits per heavy atom. The highest BCUT2D eigenvalue weighted by Gasteiger charge is 2.38. The van der Waals surface area contributed by atoms with E-state index in [4.69, 9.17) is 56.8 Å². The molecule has 4 aliphatic rings. The fourth-order valence-electron chi connectivity index (χ4n) is 3.85. The van der Waals surface area contributed by atoms with E-state index >= 15 is 0 Å². The molecule has 5 atom stereocenters. The van der Waals surface area contributed by atoms with Gasteiger partial charge in [0.2, 0.25) is 0 Å². The Hall–Kier alpha value is -3.08. The van der Waals surface area contributed by atoms with Crippen LogP contribution >= 0.6 is 0 Å². The number of rotatable bonds is 16. The van der Waals surface area contributed by atoms with Gasteiger partial charge in [0.25, 0.3) is 0 Å². The van der Waals surface area contributed by atoms with Gasteiger partial charge in [-0.1, -0.05) is 0 Å². The second-order valence-corrected chi connectivity index (χ2v) is 9.19. The Kier molecular flexibility index (Phi) is 9.65. The van der Waals surface area contributed by atoms with Crippen LogP contribution in [0.25, 0.3) is 0 Å². The maximum absolute atomic E-state index is 11.4. The third-order valence-corrected chi connectivity index (χ3v) is 5.83. The highest BCUT2D eigenvalue weighted by molar-refractivity contribution is 5.63. The van der Waals surface area contributed by atoms with E-state index in [1.165, 1.54) is 0 Å². The van der Waals surface area contributed by atoms with E-state index in [0.29, 0.717) is 0 Å². The fraction of sp³-hybridized carbons (Fsp3) is 0.818. The van der Waals surface area contributed by atoms with E-state index in [9.17, 15) is 19.2 Å². The largest absolute Gasteiger partial charge is 0.509 e. The summed E-state index contributed by atoms with van der Waals surface area (Å²) in [6.45, 7) is 2.12. The summed E-state index contributed by atoms with van der Waals surface area (Å²) < 4.78 is 62.8. The van der Waals surface area contributed by atoms with Crippen LogP contribution in [0, 0.1) is 5.41 Å². The van der Waals surface area contributed by atoms with Gasteiger partial charge in [0, 0.05) is 0 Å². The van der Waals surface area contributed by atoms with Crippen LogP contribution in [-0.2, 0) is 56.8 Å². The van der Waals surface area contributed by atoms with Crippen molar-refractivity contribution >= 4 is 24.6 Å². The lowest BCUT2D eigenvalue weighted by Crippen LogP contribution is -2.44. The highest BCUT2D eigenvalue weighted by Crippen LogP contribution is 2.24. The van der Waals surface area contributed by atoms with Crippen molar-refractivity contribution in [3.05, 3.63) is 0 Å². The molecule has 0 aromatic rings. The third-order valence-electron chi connectivity index (χ3n) is 5.83. The van der Waals surface area contributed by atoms with Crippen LogP contribution in [0.5, 0.6) is 0 Å². The zero-order valence-electron chi connectivity index (χ0n) is 20.7. The van der Waals surface area contributed by atoms with Gasteiger partial charge < -0.3 is 56.8 Å². The molecule has 4 saturated heterocycles. The molecule has 0 aliphatic carbocycles. The Morgan fingerprint density at radius 3 is 1.29 bits per heavy atom. The summed E-state index contributed by atoms with van der Waals surface area (Å²) in [5.74, 6) is 0. The number of cyclic esters (lactones) is 8. The van der Waals surface area contributed by atoms with Gasteiger partial charge in [-0.3, -0.25) is 0 Å². The fourth-order valence-corrected chi connectivity index (χ4v) is 3.85. The maximum atomic E-state index is 11.4. The molecule has 214 valence electrons. The molecule has 0 saturated carbocycles. The molecule has 4 heterocycles. The van der Waals surface area contributed by atoms with Crippen LogP contribution in [0.2, 0.25) is 0 Å². The van der Waals surface area contributed by atoms with Crippen molar-refractivity contribution in [3.63, 3.8) is 0 Å². The predicted octanol–water partition coefficient (Wildman–Crippen LogP) is 0.569. The molecular weight excluding hydrogens is 520 g/mol. The van der Waals surface area contributed by atoms with Crippen molar-refractivity contribution in [3.8, 4) is 0 Å². The second-order valence-electron chi connectivity index (χ2n) is 9.19. The molecule has 4 fully saturated rings. The van der Waals surface area contributed by atoms with Crippen LogP contribution in [0.15, 0.2) is 0 Å². The van der Waals surface area contributed by atoms with Crippen LogP contribution in [-0.4, -0.2) is 128 Å². The van der Waals surface area contributed by atoms with Crippen molar-refractivity contribution in [2.24, 2.45) is 5.41 Å². The summed E-state index contributed by atoms with van der Waals surface area (Å²) in [5.41, 5.74) is -0.941. The molecule has 4 aliphatic heterocycles. The minimum atomic E-state index is -0.941. The molecule has 0 radical (unpaired) electrons. The van der Waals surface area contributed by atoms with Crippen molar-refractivity contribution < 1.29 is 76.0 Å². The van der Waals surface area contributed by atoms with Crippen LogP contribution in [0.1, 0.15) is 6.92 Å². The predicted molar refractivity (Wildman–Crippen MR) is 115 cm³/mol. The minimum Gasteiger partial charge on any atom is -0.430 e. The Morgan fingerprint density at radius 2 is 0.974 bits per heavy atom. The lowest BCUT2D eigenvalue weighted by molar-refractivity contribution is -0.128. The SMILES string of the molecule is CC1OC(=O)OC1COCC(COCC1COC(=O)O1)(COCC1COC(=O)O1)COCC1COC(=O)O1. The number of carbonyl (C=O) groups is 4. The van der Waals surface area contributed by atoms with E-state index in [2.05, 4.69) is 0 Å². The number of hydrogen-bond acceptors (Lipinski definition) is 16. The summed E-state index contributed by atoms with van der Waals surface area (Å²) in [5, 5.41) is 0. The molecule has 4 rings (SSSR count). The lowest BCUT2D eigenvalue weighted by atomic mass is 9.92. The zero-order valence-corrected chi connectivity index (χ0v) is 20.7. The Balaban J connectivity index is 1.36. The average molecular weight is 550 g/mol. The molecule has 0 N–H and O–H groups in total. The van der Waals surface area contributed by atoms with E-state index in [0.717, 1.165) is 0 Å². The van der Waals surface area contributed by atoms with Gasteiger partial charge in [-0.05, 0) is 6.92 Å². The highest BCUT2D eigenvalue weighted by atomic mass is 16.8. The molecule has 16 heteroatoms. The molecular formula is C22H30O16. The second kappa shape index (κ2) is 13.1. The van der Waals surface area contributed by atoms with Gasteiger partial charge in [0.15, 0.2) is 24.4 Å². The smallest absolute Gasteiger partial charge is 0.430 e. The number of hydrogen-bond donors (Lipinski definition) is 0. The van der Waals surface area contributed by atoms with Crippen LogP contribution < -0.4 is 0 Å². The monoisotopic (exact) mass is 550 g/mol. The summed E-state index contributed by atoms with van der Waals surface area (Å²) in [4.78, 5) is 45.0. The zero-order chi connectivity index (χ0) is 27.0. The molecule has 5 unspecified atom stereocenters. The van der Waals surface area contributed by atoms with Gasteiger partial charge in [0.1, 0.15) is 25.9 Å². The normalized spacial score (nSPS) is 29.9. The van der Waals surface area contributed by atoms with Gasteiger partial charge >= 0.3 is 24.6 Å². The van der Waals surface area contributed by atoms with Crippen LogP contribution in [0.4, 0.5) is 19.2 Å². The first-order chi connectivity index (χ1) is 18.3. The first-order valence-electron chi connectivity index (χ1n) is 12.0. The molecule has 0 aromatic carbocycles. The summed E-state index contributed by atoms with van der Waals surface area (Å²) >= 11 is 0. The van der Waals surface area contributed by atoms with Gasteiger partial charge in [-0.2, -0.15) is 0 Å². The standard InChI is InChI=1S/C22H30O16/c1-13-17(38-21(26)34-13)8-30-12-22(9-27-2-14-5-31-18(23)35-14,10-28-3-15-6-32-19(24)36-15)11-29-4-16-7-33-20(25)37-16/h13-17H,2-12H2,1H3. The number of carbonyl (C=O) groups excluding carboxylic acids is 4. The van der Waals surface area contributed by atoms with Crippen LogP contribution in [0.3, 0.4) is 0 Å². The first kappa shape index (κ1) is 27.9. The van der Waals surface area contributed by atoms with E-state index in [1.807, 2.05) is 0 Å². The van der Waals surface area contributed by atoms with Crippen molar-refractivity contribution in [2.75, 3.05) is 72.7 Å². The molecule has 38 heavy (non-hydrogen) atoms. The number of ether oxygens (including phenoxy) is 12. The van der Waals surface area contributed by atoms with Gasteiger partial charge in [0.05, 0.1) is 58.3 Å². The molecule has 0 bridgehead atoms. The minimum absolute atomic E-state index is 0.0244. The van der Waals surface area contributed by atoms with E-state index in [-0.39, 0.29) is 72.7 Å². The van der Waals surface area contributed by atoms with Crippen molar-refractivity contribution in [1.82, 2.24) is 0 Å². The third kappa shape index (κ3) is 8.21. The summed E-state index contributed by atoms with van der Waals surface area (Å²) in [7, 11) is 0. The summed E-state index contributed by atoms with van der Waals surface area (Å²) in [6.07, 6.45) is -5.94. The molecule has 0 amide bonds. The van der Waals surface area contributed by atoms with Gasteiger partial charge in [-0.15, -0.1) is 0 Å². The van der Waals surface area contributed by atoms with E-state index in [1.54, 1.807) is 6.92 Å². The first-order valence-corrected chi connectivity index (χ1v) is 12.0. The topological polar surface area (TPSA) is 179 Å². The van der Waals surface area contributed by atoms with Crippen molar-refractivity contribution in [2.45, 2.75) is 37.4 Å². The average Bonchev–Trinajstić information content (AvgIpc) is 3.65. The summed E-state index contributed by atoms with van der Waals surface area (Å²) in [6, 6.07) is 0. The maximum Gasteiger partial charge on any atom is 0.509 e. The van der Waals surface area contributed by atoms with E-state index < -0.39 is 60.6 Å². The van der Waals surface area contributed by atoms with Gasteiger partial charge in [-0.25, -0.2) is 19.2 Å². The molecule has 16 nitrogen and oxygen atoms in total. The molecule has 0 aromatic heterocycles. The molecule has 0 spiro atoms. The Labute approximate surface area is 216 Å². The van der Waals surface area contributed by atoms with Crippen molar-refractivity contribution in [1.29, 1.82) is 0 Å².